The van der Waals surface area contributed by atoms with Crippen LogP contribution in [0.3, 0.4) is 0 Å². The number of nitrogens with zero attached hydrogens (tertiary/aromatic N) is 1. The molecule has 0 spiro atoms. The maximum atomic E-state index is 4.14. The summed E-state index contributed by atoms with van der Waals surface area (Å²) in [5.41, 5.74) is 4.11. The number of aromatic amines is 1. The molecule has 1 aromatic carbocycles. The van der Waals surface area contributed by atoms with E-state index in [9.17, 15) is 0 Å². The number of rotatable bonds is 3. The van der Waals surface area contributed by atoms with Gasteiger partial charge in [0.25, 0.3) is 0 Å². The lowest BCUT2D eigenvalue weighted by Crippen LogP contribution is -2.02. The zero-order valence-corrected chi connectivity index (χ0v) is 10.5. The molecule has 2 rings (SSSR count). The van der Waals surface area contributed by atoms with Crippen LogP contribution in [0.2, 0.25) is 0 Å². The number of aromatic nitrogens is 2. The van der Waals surface area contributed by atoms with E-state index in [1.54, 1.807) is 0 Å². The van der Waals surface area contributed by atoms with Gasteiger partial charge in [-0.25, -0.2) is 0 Å². The van der Waals surface area contributed by atoms with E-state index in [0.29, 0.717) is 11.8 Å². The summed E-state index contributed by atoms with van der Waals surface area (Å²) in [6, 6.07) is 4.43. The van der Waals surface area contributed by atoms with Gasteiger partial charge >= 0.3 is 0 Å². The molecule has 0 aliphatic heterocycles. The summed E-state index contributed by atoms with van der Waals surface area (Å²) in [5, 5.41) is 8.49. The molecule has 16 heavy (non-hydrogen) atoms. The highest BCUT2D eigenvalue weighted by molar-refractivity contribution is 5.83. The minimum Gasteiger partial charge on any atom is -0.278 e. The zero-order chi connectivity index (χ0) is 11.7. The highest BCUT2D eigenvalue weighted by atomic mass is 15.1. The fourth-order valence-corrected chi connectivity index (χ4v) is 2.36. The molecule has 0 aliphatic carbocycles. The highest BCUT2D eigenvalue weighted by Crippen LogP contribution is 2.28. The zero-order valence-electron chi connectivity index (χ0n) is 10.5. The van der Waals surface area contributed by atoms with Gasteiger partial charge in [0, 0.05) is 5.39 Å². The lowest BCUT2D eigenvalue weighted by Gasteiger charge is -2.15. The summed E-state index contributed by atoms with van der Waals surface area (Å²) < 4.78 is 0. The lowest BCUT2D eigenvalue weighted by atomic mass is 9.90. The summed E-state index contributed by atoms with van der Waals surface area (Å²) in [6.45, 7) is 9.03. The molecule has 2 nitrogen and oxygen atoms in total. The second-order valence-corrected chi connectivity index (χ2v) is 5.23. The fourth-order valence-electron chi connectivity index (χ4n) is 2.36. The van der Waals surface area contributed by atoms with Gasteiger partial charge in [-0.2, -0.15) is 5.10 Å². The van der Waals surface area contributed by atoms with E-state index in [0.717, 1.165) is 6.42 Å². The molecule has 86 valence electrons. The van der Waals surface area contributed by atoms with Crippen molar-refractivity contribution in [1.29, 1.82) is 0 Å². The Bertz CT molecular complexity index is 480. The van der Waals surface area contributed by atoms with Crippen molar-refractivity contribution < 1.29 is 0 Å². The molecule has 0 aliphatic rings. The second kappa shape index (κ2) is 4.28. The molecule has 1 aromatic heterocycles. The third-order valence-corrected chi connectivity index (χ3v) is 2.95. The molecular weight excluding hydrogens is 196 g/mol. The Morgan fingerprint density at radius 1 is 1.19 bits per heavy atom. The summed E-state index contributed by atoms with van der Waals surface area (Å²) in [6.07, 6.45) is 3.04. The summed E-state index contributed by atoms with van der Waals surface area (Å²) in [4.78, 5) is 0. The number of hydrogen-bond acceptors (Lipinski definition) is 1. The van der Waals surface area contributed by atoms with E-state index in [-0.39, 0.29) is 0 Å². The van der Waals surface area contributed by atoms with Crippen LogP contribution in [0.1, 0.15) is 44.7 Å². The molecule has 0 saturated heterocycles. The summed E-state index contributed by atoms with van der Waals surface area (Å²) in [7, 11) is 0. The smallest absolute Gasteiger partial charge is 0.0687 e. The largest absolute Gasteiger partial charge is 0.278 e. The molecule has 2 heteroatoms. The molecule has 0 radical (unpaired) electrons. The Balaban J connectivity index is 2.59. The molecule has 0 amide bonds. The van der Waals surface area contributed by atoms with Gasteiger partial charge in [0.2, 0.25) is 0 Å². The topological polar surface area (TPSA) is 28.7 Å². The minimum absolute atomic E-state index is 0.540. The first kappa shape index (κ1) is 11.2. The molecule has 0 unspecified atom stereocenters. The third-order valence-electron chi connectivity index (χ3n) is 2.95. The van der Waals surface area contributed by atoms with E-state index < -0.39 is 0 Å². The van der Waals surface area contributed by atoms with Crippen LogP contribution < -0.4 is 0 Å². The maximum absolute atomic E-state index is 4.14. The van der Waals surface area contributed by atoms with Crippen molar-refractivity contribution in [2.75, 3.05) is 0 Å². The van der Waals surface area contributed by atoms with Crippen LogP contribution in [-0.4, -0.2) is 10.2 Å². The molecule has 0 bridgehead atoms. The van der Waals surface area contributed by atoms with E-state index in [4.69, 9.17) is 0 Å². The fraction of sp³-hybridized carbons (Fsp3) is 0.500. The van der Waals surface area contributed by atoms with Gasteiger partial charge in [0.1, 0.15) is 0 Å². The van der Waals surface area contributed by atoms with Gasteiger partial charge in [-0.1, -0.05) is 39.8 Å². The standard InChI is InChI=1S/C14H20N2/c1-9(2)7-11-5-6-12-8-15-16-14(12)13(11)10(3)4/h5-6,8-10H,7H2,1-4H3,(H,15,16). The van der Waals surface area contributed by atoms with Gasteiger partial charge in [0.15, 0.2) is 0 Å². The average Bonchev–Trinajstić information content (AvgIpc) is 2.63. The highest BCUT2D eigenvalue weighted by Gasteiger charge is 2.13. The van der Waals surface area contributed by atoms with Crippen molar-refractivity contribution in [2.24, 2.45) is 5.92 Å². The molecule has 1 N–H and O–H groups in total. The number of fused-ring (bicyclic) bond motifs is 1. The monoisotopic (exact) mass is 216 g/mol. The predicted octanol–water partition coefficient (Wildman–Crippen LogP) is 3.88. The SMILES string of the molecule is CC(C)Cc1ccc2cn[nH]c2c1C(C)C. The first-order valence-electron chi connectivity index (χ1n) is 6.04. The van der Waals surface area contributed by atoms with Crippen molar-refractivity contribution in [1.82, 2.24) is 10.2 Å². The number of nitrogens with one attached hydrogen (secondary N) is 1. The van der Waals surface area contributed by atoms with Crippen LogP contribution in [-0.2, 0) is 6.42 Å². The van der Waals surface area contributed by atoms with Crippen molar-refractivity contribution in [3.05, 3.63) is 29.5 Å². The lowest BCUT2D eigenvalue weighted by molar-refractivity contribution is 0.639. The molecule has 0 saturated carbocycles. The Morgan fingerprint density at radius 3 is 2.56 bits per heavy atom. The third kappa shape index (κ3) is 1.97. The van der Waals surface area contributed by atoms with E-state index in [2.05, 4.69) is 50.0 Å². The van der Waals surface area contributed by atoms with Crippen LogP contribution in [0.4, 0.5) is 0 Å². The first-order valence-corrected chi connectivity index (χ1v) is 6.04. The van der Waals surface area contributed by atoms with Gasteiger partial charge in [-0.05, 0) is 29.4 Å². The molecule has 1 heterocycles. The van der Waals surface area contributed by atoms with Gasteiger partial charge < -0.3 is 0 Å². The van der Waals surface area contributed by atoms with Crippen LogP contribution in [0, 0.1) is 5.92 Å². The quantitative estimate of drug-likeness (QED) is 0.828. The first-order chi connectivity index (χ1) is 7.59. The van der Waals surface area contributed by atoms with Crippen LogP contribution in [0.15, 0.2) is 18.3 Å². The Kier molecular flexibility index (Phi) is 2.99. The van der Waals surface area contributed by atoms with Crippen molar-refractivity contribution in [3.8, 4) is 0 Å². The van der Waals surface area contributed by atoms with Crippen molar-refractivity contribution in [2.45, 2.75) is 40.0 Å². The predicted molar refractivity (Wildman–Crippen MR) is 68.7 cm³/mol. The van der Waals surface area contributed by atoms with Gasteiger partial charge in [-0.3, -0.25) is 5.10 Å². The van der Waals surface area contributed by atoms with Crippen molar-refractivity contribution >= 4 is 10.9 Å². The molecule has 0 fully saturated rings. The van der Waals surface area contributed by atoms with Crippen LogP contribution >= 0.6 is 0 Å². The van der Waals surface area contributed by atoms with Gasteiger partial charge in [0.05, 0.1) is 11.7 Å². The summed E-state index contributed by atoms with van der Waals surface area (Å²) >= 11 is 0. The Hall–Kier alpha value is -1.31. The Morgan fingerprint density at radius 2 is 1.94 bits per heavy atom. The van der Waals surface area contributed by atoms with Gasteiger partial charge in [-0.15, -0.1) is 0 Å². The van der Waals surface area contributed by atoms with E-state index >= 15 is 0 Å². The second-order valence-electron chi connectivity index (χ2n) is 5.23. The number of H-pyrrole nitrogens is 1. The average molecular weight is 216 g/mol. The molecule has 2 aromatic rings. The minimum atomic E-state index is 0.540. The maximum Gasteiger partial charge on any atom is 0.0687 e. The van der Waals surface area contributed by atoms with Crippen LogP contribution in [0.25, 0.3) is 10.9 Å². The summed E-state index contributed by atoms with van der Waals surface area (Å²) in [5.74, 6) is 1.23. The van der Waals surface area contributed by atoms with E-state index in [1.165, 1.54) is 22.0 Å². The van der Waals surface area contributed by atoms with Crippen molar-refractivity contribution in [3.63, 3.8) is 0 Å². The normalized spacial score (nSPS) is 11.9. The van der Waals surface area contributed by atoms with E-state index in [1.807, 2.05) is 6.20 Å². The molecule has 0 atom stereocenters. The Labute approximate surface area is 97.1 Å². The number of hydrogen-bond donors (Lipinski definition) is 1. The van der Waals surface area contributed by atoms with Crippen LogP contribution in [0.5, 0.6) is 0 Å². The molecular formula is C14H20N2. The number of benzene rings is 1.